The fourth-order valence-electron chi connectivity index (χ4n) is 4.24. The molecule has 1 atom stereocenters. The van der Waals surface area contributed by atoms with E-state index in [1.165, 1.54) is 0 Å². The van der Waals surface area contributed by atoms with Crippen LogP contribution in [-0.4, -0.2) is 22.4 Å². The molecule has 0 spiro atoms. The Bertz CT molecular complexity index is 1370. The fraction of sp³-hybridized carbons (Fsp3) is 0.321. The Balaban J connectivity index is 1.92. The fourth-order valence-corrected chi connectivity index (χ4v) is 4.63. The predicted molar refractivity (Wildman–Crippen MR) is 146 cm³/mol. The lowest BCUT2D eigenvalue weighted by Crippen LogP contribution is -2.44. The molecule has 194 valence electrons. The van der Waals surface area contributed by atoms with Crippen molar-refractivity contribution in [3.8, 4) is 28.3 Å². The molecule has 37 heavy (non-hydrogen) atoms. The van der Waals surface area contributed by atoms with Gasteiger partial charge in [0.2, 0.25) is 11.8 Å². The highest BCUT2D eigenvalue weighted by atomic mass is 35.5. The molecule has 4 N–H and O–H groups in total. The first-order valence-corrected chi connectivity index (χ1v) is 12.7. The average molecular weight is 541 g/mol. The molecular weight excluding hydrogens is 511 g/mol. The van der Waals surface area contributed by atoms with Crippen LogP contribution in [0.25, 0.3) is 22.4 Å². The Morgan fingerprint density at radius 1 is 1.05 bits per heavy atom. The highest BCUT2D eigenvalue weighted by molar-refractivity contribution is 6.34. The van der Waals surface area contributed by atoms with Gasteiger partial charge in [-0.1, -0.05) is 62.2 Å². The van der Waals surface area contributed by atoms with Crippen LogP contribution < -0.4 is 21.3 Å². The molecule has 0 aliphatic carbocycles. The molecule has 1 aliphatic heterocycles. The molecule has 0 bridgehead atoms. The number of fused-ring (bicyclic) bond motifs is 1. The maximum atomic E-state index is 12.9. The zero-order valence-corrected chi connectivity index (χ0v) is 22.9. The minimum Gasteiger partial charge on any atom is -0.471 e. The number of nitrogen functional groups attached to an aromatic ring is 1. The number of carbonyl (C=O) groups excluding carboxylic acids is 2. The van der Waals surface area contributed by atoms with E-state index in [0.717, 1.165) is 16.7 Å². The van der Waals surface area contributed by atoms with Gasteiger partial charge in [-0.05, 0) is 49.7 Å². The molecule has 4 rings (SSSR count). The number of benzene rings is 2. The second-order valence-electron chi connectivity index (χ2n) is 10.8. The van der Waals surface area contributed by atoms with Crippen molar-refractivity contribution in [2.45, 2.75) is 52.7 Å². The highest BCUT2D eigenvalue weighted by Gasteiger charge is 2.38. The van der Waals surface area contributed by atoms with Gasteiger partial charge >= 0.3 is 0 Å². The normalized spacial score (nSPS) is 16.4. The Kier molecular flexibility index (Phi) is 7.25. The largest absolute Gasteiger partial charge is 0.471 e. The number of carbonyl (C=O) groups is 2. The standard InChI is InChI=1S/C28H30Cl2N4O3/c1-27(2,3)26(36)32-22-14-28(4,5)37-25-20(22)13-19(15-6-9-17(29)10-7-15)23(33-25)18-11-8-16(12-21(18)30)24(35)34-31/h6-13,22H,14,31H2,1-5H3,(H,32,36)(H,34,35). The molecule has 0 radical (unpaired) electrons. The SMILES string of the molecule is CC1(C)CC(NC(=O)C(C)(C)C)c2cc(-c3ccc(Cl)cc3)c(-c3ccc(C(=O)NN)cc3Cl)nc2O1. The molecule has 1 aliphatic rings. The maximum absolute atomic E-state index is 12.9. The van der Waals surface area contributed by atoms with E-state index in [-0.39, 0.29) is 11.9 Å². The smallest absolute Gasteiger partial charge is 0.265 e. The summed E-state index contributed by atoms with van der Waals surface area (Å²) in [4.78, 5) is 29.9. The van der Waals surface area contributed by atoms with Crippen LogP contribution in [0.15, 0.2) is 48.5 Å². The highest BCUT2D eigenvalue weighted by Crippen LogP contribution is 2.45. The lowest BCUT2D eigenvalue weighted by molar-refractivity contribution is -0.129. The molecule has 2 amide bonds. The number of nitrogens with zero attached hydrogens (tertiary/aromatic N) is 1. The molecule has 3 aromatic rings. The maximum Gasteiger partial charge on any atom is 0.265 e. The van der Waals surface area contributed by atoms with E-state index in [0.29, 0.717) is 39.2 Å². The second kappa shape index (κ2) is 9.97. The minimum atomic E-state index is -0.568. The second-order valence-corrected chi connectivity index (χ2v) is 11.6. The van der Waals surface area contributed by atoms with Gasteiger partial charge in [0.05, 0.1) is 16.8 Å². The van der Waals surface area contributed by atoms with Crippen LogP contribution in [0.3, 0.4) is 0 Å². The zero-order valence-electron chi connectivity index (χ0n) is 21.4. The number of hydrogen-bond acceptors (Lipinski definition) is 5. The van der Waals surface area contributed by atoms with Crippen LogP contribution in [-0.2, 0) is 4.79 Å². The van der Waals surface area contributed by atoms with Crippen LogP contribution >= 0.6 is 23.2 Å². The van der Waals surface area contributed by atoms with Crippen molar-refractivity contribution in [2.75, 3.05) is 0 Å². The lowest BCUT2D eigenvalue weighted by Gasteiger charge is -2.38. The van der Waals surface area contributed by atoms with E-state index >= 15 is 0 Å². The summed E-state index contributed by atoms with van der Waals surface area (Å²) in [5, 5.41) is 4.13. The number of ether oxygens (including phenoxy) is 1. The van der Waals surface area contributed by atoms with E-state index in [9.17, 15) is 9.59 Å². The summed E-state index contributed by atoms with van der Waals surface area (Å²) in [6.45, 7) is 9.57. The average Bonchev–Trinajstić information content (AvgIpc) is 2.82. The van der Waals surface area contributed by atoms with Gasteiger partial charge in [0.25, 0.3) is 5.91 Å². The van der Waals surface area contributed by atoms with Crippen molar-refractivity contribution in [3.63, 3.8) is 0 Å². The van der Waals surface area contributed by atoms with Gasteiger partial charge < -0.3 is 10.1 Å². The van der Waals surface area contributed by atoms with Gasteiger partial charge in [0.15, 0.2) is 0 Å². The molecule has 0 saturated heterocycles. The zero-order chi connectivity index (χ0) is 27.1. The number of pyridine rings is 1. The van der Waals surface area contributed by atoms with Crippen LogP contribution in [0.2, 0.25) is 10.0 Å². The summed E-state index contributed by atoms with van der Waals surface area (Å²) >= 11 is 12.8. The van der Waals surface area contributed by atoms with Gasteiger partial charge in [-0.2, -0.15) is 0 Å². The number of hydrazine groups is 1. The summed E-state index contributed by atoms with van der Waals surface area (Å²) in [5.41, 5.74) is 4.92. The third-order valence-corrected chi connectivity index (χ3v) is 6.78. The third-order valence-electron chi connectivity index (χ3n) is 6.22. The number of hydrogen-bond donors (Lipinski definition) is 3. The van der Waals surface area contributed by atoms with Crippen molar-refractivity contribution < 1.29 is 14.3 Å². The third kappa shape index (κ3) is 5.74. The van der Waals surface area contributed by atoms with Crippen LogP contribution in [0.5, 0.6) is 5.88 Å². The Hall–Kier alpha value is -3.13. The Labute approximate surface area is 226 Å². The quantitative estimate of drug-likeness (QED) is 0.211. The van der Waals surface area contributed by atoms with Gasteiger partial charge in [-0.15, -0.1) is 0 Å². The molecule has 7 nitrogen and oxygen atoms in total. The Morgan fingerprint density at radius 2 is 1.73 bits per heavy atom. The minimum absolute atomic E-state index is 0.0601. The molecule has 0 saturated carbocycles. The summed E-state index contributed by atoms with van der Waals surface area (Å²) < 4.78 is 6.30. The van der Waals surface area contributed by atoms with Gasteiger partial charge in [-0.3, -0.25) is 15.0 Å². The van der Waals surface area contributed by atoms with E-state index in [2.05, 4.69) is 10.7 Å². The van der Waals surface area contributed by atoms with E-state index in [1.54, 1.807) is 30.3 Å². The first-order valence-electron chi connectivity index (χ1n) is 11.9. The van der Waals surface area contributed by atoms with Gasteiger partial charge in [-0.25, -0.2) is 10.8 Å². The summed E-state index contributed by atoms with van der Waals surface area (Å²) in [6.07, 6.45) is 0.576. The van der Waals surface area contributed by atoms with E-state index in [1.807, 2.05) is 52.8 Å². The van der Waals surface area contributed by atoms with Crippen LogP contribution in [0.1, 0.15) is 63.0 Å². The monoisotopic (exact) mass is 540 g/mol. The molecule has 1 aromatic heterocycles. The van der Waals surface area contributed by atoms with Crippen molar-refractivity contribution >= 4 is 35.0 Å². The Morgan fingerprint density at radius 3 is 2.32 bits per heavy atom. The predicted octanol–water partition coefficient (Wildman–Crippen LogP) is 6.09. The van der Waals surface area contributed by atoms with Crippen LogP contribution in [0, 0.1) is 5.41 Å². The molecular formula is C28H30Cl2N4O3. The molecule has 9 heteroatoms. The molecule has 0 fully saturated rings. The van der Waals surface area contributed by atoms with Gasteiger partial charge in [0.1, 0.15) is 5.60 Å². The van der Waals surface area contributed by atoms with E-state index in [4.69, 9.17) is 38.8 Å². The summed E-state index contributed by atoms with van der Waals surface area (Å²) in [5.74, 6) is 5.19. The topological polar surface area (TPSA) is 106 Å². The summed E-state index contributed by atoms with van der Waals surface area (Å²) in [6, 6.07) is 14.0. The van der Waals surface area contributed by atoms with Crippen molar-refractivity contribution in [1.82, 2.24) is 15.7 Å². The number of rotatable bonds is 4. The molecule has 1 unspecified atom stereocenters. The van der Waals surface area contributed by atoms with E-state index < -0.39 is 16.9 Å². The first kappa shape index (κ1) is 26.9. The number of aromatic nitrogens is 1. The van der Waals surface area contributed by atoms with Gasteiger partial charge in [0, 0.05) is 39.1 Å². The number of amides is 2. The molecule has 2 heterocycles. The summed E-state index contributed by atoms with van der Waals surface area (Å²) in [7, 11) is 0. The number of nitrogens with one attached hydrogen (secondary N) is 2. The lowest BCUT2D eigenvalue weighted by atomic mass is 9.87. The number of halogens is 2. The van der Waals surface area contributed by atoms with Crippen molar-refractivity contribution in [2.24, 2.45) is 11.3 Å². The first-order chi connectivity index (χ1) is 17.3. The van der Waals surface area contributed by atoms with Crippen molar-refractivity contribution in [3.05, 3.63) is 69.7 Å². The van der Waals surface area contributed by atoms with Crippen LogP contribution in [0.4, 0.5) is 0 Å². The number of nitrogens with two attached hydrogens (primary N) is 1. The van der Waals surface area contributed by atoms with Crippen molar-refractivity contribution in [1.29, 1.82) is 0 Å². The molecule has 2 aromatic carbocycles.